The second-order valence-electron chi connectivity index (χ2n) is 15.7. The molecule has 2 aliphatic carbocycles. The molecule has 267 valence electrons. The number of rotatable bonds is 7. The van der Waals surface area contributed by atoms with E-state index in [0.717, 1.165) is 62.8 Å². The normalized spacial score (nSPS) is 15.7. The molecule has 51 heavy (non-hydrogen) atoms. The van der Waals surface area contributed by atoms with Crippen LogP contribution in [0, 0.1) is 30.9 Å². The van der Waals surface area contributed by atoms with E-state index in [9.17, 15) is 0 Å². The molecule has 0 N–H and O–H groups in total. The van der Waals surface area contributed by atoms with Crippen LogP contribution >= 0.6 is 0 Å². The first-order chi connectivity index (χ1) is 24.3. The van der Waals surface area contributed by atoms with E-state index >= 15 is 0 Å². The quantitative estimate of drug-likeness (QED) is 0.118. The van der Waals surface area contributed by atoms with Gasteiger partial charge in [0, 0.05) is 43.6 Å². The summed E-state index contributed by atoms with van der Waals surface area (Å²) < 4.78 is 6.13. The van der Waals surface area contributed by atoms with Crippen molar-refractivity contribution in [2.24, 2.45) is 11.8 Å². The Hall–Kier alpha value is -3.44. The zero-order valence-corrected chi connectivity index (χ0v) is 34.1. The maximum absolute atomic E-state index is 6.13. The van der Waals surface area contributed by atoms with Crippen LogP contribution in [0.15, 0.2) is 83.5 Å². The van der Waals surface area contributed by atoms with Crippen molar-refractivity contribution in [2.45, 2.75) is 104 Å². The van der Waals surface area contributed by atoms with Crippen LogP contribution in [0.25, 0.3) is 44.6 Å². The summed E-state index contributed by atoms with van der Waals surface area (Å²) in [6.45, 7) is 9.28. The number of pyridine rings is 3. The smallest absolute Gasteiger partial charge is 0.216 e. The number of hydrogen-bond acceptors (Lipinski definition) is 4. The second-order valence-corrected chi connectivity index (χ2v) is 20.8. The maximum Gasteiger partial charge on any atom is 0.216 e. The average Bonchev–Trinajstić information content (AvgIpc) is 3.50. The Kier molecular flexibility index (Phi) is 12.4. The molecule has 1 radical (unpaired) electrons. The van der Waals surface area contributed by atoms with Crippen LogP contribution in [0.4, 0.5) is 0 Å². The fourth-order valence-electron chi connectivity index (χ4n) is 8.11. The van der Waals surface area contributed by atoms with E-state index < -0.39 is 8.07 Å². The first-order valence-electron chi connectivity index (χ1n) is 18.9. The molecule has 6 aromatic rings. The number of benzene rings is 2. The molecule has 0 bridgehead atoms. The van der Waals surface area contributed by atoms with E-state index in [0.29, 0.717) is 5.71 Å². The number of aromatic nitrogens is 3. The van der Waals surface area contributed by atoms with Crippen molar-refractivity contribution in [2.75, 3.05) is 0 Å². The van der Waals surface area contributed by atoms with Gasteiger partial charge in [-0.05, 0) is 66.4 Å². The van der Waals surface area contributed by atoms with E-state index in [1.807, 2.05) is 43.5 Å². The van der Waals surface area contributed by atoms with Gasteiger partial charge in [-0.2, -0.15) is 0 Å². The van der Waals surface area contributed by atoms with Gasteiger partial charge in [0.25, 0.3) is 0 Å². The van der Waals surface area contributed by atoms with Crippen molar-refractivity contribution in [3.05, 3.63) is 108 Å². The molecule has 2 saturated carbocycles. The zero-order chi connectivity index (χ0) is 34.5. The van der Waals surface area contributed by atoms with Gasteiger partial charge in [-0.15, -0.1) is 54.1 Å². The fraction of sp³-hybridized carbons (Fsp3) is 0.400. The predicted molar refractivity (Wildman–Crippen MR) is 210 cm³/mol. The second kappa shape index (κ2) is 16.9. The molecule has 2 aliphatic rings. The molecule has 4 aromatic heterocycles. The van der Waals surface area contributed by atoms with Gasteiger partial charge in [-0.25, -0.2) is 4.98 Å². The summed E-state index contributed by atoms with van der Waals surface area (Å²) in [5.74, 6) is 1.68. The van der Waals surface area contributed by atoms with E-state index in [2.05, 4.69) is 84.3 Å². The van der Waals surface area contributed by atoms with Crippen LogP contribution in [0.1, 0.15) is 81.0 Å². The third-order valence-electron chi connectivity index (χ3n) is 10.8. The van der Waals surface area contributed by atoms with Crippen molar-refractivity contribution in [3.8, 4) is 22.5 Å². The number of hydrogen-bond donors (Lipinski definition) is 0. The van der Waals surface area contributed by atoms with Crippen LogP contribution in [-0.4, -0.2) is 23.0 Å². The van der Waals surface area contributed by atoms with Crippen LogP contribution < -0.4 is 5.19 Å². The van der Waals surface area contributed by atoms with E-state index in [-0.39, 0.29) is 20.1 Å². The van der Waals surface area contributed by atoms with Gasteiger partial charge in [0.15, 0.2) is 0 Å². The largest absolute Gasteiger partial charge is 0.486 e. The minimum absolute atomic E-state index is 0. The summed E-state index contributed by atoms with van der Waals surface area (Å²) in [6, 6.07) is 29.7. The van der Waals surface area contributed by atoms with Crippen LogP contribution in [-0.2, 0) is 32.9 Å². The summed E-state index contributed by atoms with van der Waals surface area (Å²) in [5.41, 5.74) is 9.44. The van der Waals surface area contributed by atoms with Gasteiger partial charge < -0.3 is 14.4 Å². The minimum Gasteiger partial charge on any atom is -0.486 e. The van der Waals surface area contributed by atoms with Crippen molar-refractivity contribution in [3.63, 3.8) is 0 Å². The van der Waals surface area contributed by atoms with E-state index in [1.54, 1.807) is 10.8 Å². The number of fused-ring (bicyclic) bond motifs is 3. The SMILES string of the molecule is C[Si](C)(C)c1cnc(-c2[c-]cccc2)cc1CC1CCCCC1.Cc1ccc2c(n1)oc1c(-c3cc(CC4CCCCC4)ccn3)[c-]ccc12.[Ir]. The first kappa shape index (κ1) is 37.3. The van der Waals surface area contributed by atoms with Gasteiger partial charge in [-0.1, -0.05) is 118 Å². The Morgan fingerprint density at radius 1 is 0.745 bits per heavy atom. The molecule has 0 aliphatic heterocycles. The third-order valence-corrected chi connectivity index (χ3v) is 12.8. The molecular weight excluding hydrogens is 819 g/mol. The van der Waals surface area contributed by atoms with Crippen LogP contribution in [0.3, 0.4) is 0 Å². The standard InChI is InChI=1S/C24H23N2O.C21H28NSi.Ir/c1-16-10-11-20-19-8-5-9-21(23(19)27-24(20)26-16)22-15-18(12-13-25-22)14-17-6-3-2-4-7-17;1-23(2,3)21-16-22-20(18-12-8-5-9-13-18)15-19(21)14-17-10-6-4-7-11-17;/h5,8,10-13,15,17H,2-4,6-7,14H2,1H3;5,8-9,12,15-17H,4,6-7,10-11,14H2,1-3H3;/q2*-1;. The number of nitrogens with zero attached hydrogens (tertiary/aromatic N) is 3. The van der Waals surface area contributed by atoms with Crippen molar-refractivity contribution < 1.29 is 24.5 Å². The Bertz CT molecular complexity index is 2040. The number of furan rings is 1. The van der Waals surface area contributed by atoms with E-state index in [1.165, 1.54) is 76.2 Å². The van der Waals surface area contributed by atoms with Gasteiger partial charge in [-0.3, -0.25) is 0 Å². The van der Waals surface area contributed by atoms with Gasteiger partial charge >= 0.3 is 0 Å². The molecule has 0 atom stereocenters. The molecular formula is C45H51IrN3OSi-2. The molecule has 2 aromatic carbocycles. The molecule has 0 amide bonds. The van der Waals surface area contributed by atoms with Gasteiger partial charge in [0.2, 0.25) is 5.71 Å². The monoisotopic (exact) mass is 870 g/mol. The topological polar surface area (TPSA) is 51.8 Å². The summed E-state index contributed by atoms with van der Waals surface area (Å²) >= 11 is 0. The molecule has 6 heteroatoms. The maximum atomic E-state index is 6.13. The molecule has 4 nitrogen and oxygen atoms in total. The summed E-state index contributed by atoms with van der Waals surface area (Å²) in [5, 5.41) is 3.66. The Labute approximate surface area is 319 Å². The average molecular weight is 870 g/mol. The molecule has 0 spiro atoms. The first-order valence-corrected chi connectivity index (χ1v) is 22.4. The minimum atomic E-state index is -1.36. The Morgan fingerprint density at radius 3 is 2.20 bits per heavy atom. The molecule has 4 heterocycles. The van der Waals surface area contributed by atoms with Crippen molar-refractivity contribution in [1.29, 1.82) is 0 Å². The number of aryl methyl sites for hydroxylation is 1. The van der Waals surface area contributed by atoms with Gasteiger partial charge in [0.1, 0.15) is 0 Å². The summed E-state index contributed by atoms with van der Waals surface area (Å²) in [6.07, 6.45) is 20.4. The molecule has 2 fully saturated rings. The van der Waals surface area contributed by atoms with Crippen molar-refractivity contribution in [1.82, 2.24) is 15.0 Å². The third kappa shape index (κ3) is 9.14. The van der Waals surface area contributed by atoms with Crippen molar-refractivity contribution >= 4 is 35.3 Å². The zero-order valence-electron chi connectivity index (χ0n) is 30.7. The van der Waals surface area contributed by atoms with E-state index in [4.69, 9.17) is 9.40 Å². The predicted octanol–water partition coefficient (Wildman–Crippen LogP) is 11.5. The summed E-state index contributed by atoms with van der Waals surface area (Å²) in [7, 11) is -1.36. The summed E-state index contributed by atoms with van der Waals surface area (Å²) in [4.78, 5) is 13.9. The molecule has 8 rings (SSSR count). The molecule has 0 saturated heterocycles. The van der Waals surface area contributed by atoms with Crippen LogP contribution in [0.5, 0.6) is 0 Å². The Morgan fingerprint density at radius 2 is 1.49 bits per heavy atom. The fourth-order valence-corrected chi connectivity index (χ4v) is 9.70. The Balaban J connectivity index is 0.000000175. The molecule has 0 unspecified atom stereocenters. The van der Waals surface area contributed by atoms with Crippen LogP contribution in [0.2, 0.25) is 19.6 Å². The van der Waals surface area contributed by atoms with Gasteiger partial charge in [0.05, 0.1) is 13.7 Å².